The van der Waals surface area contributed by atoms with Crippen LogP contribution in [0.4, 0.5) is 0 Å². The van der Waals surface area contributed by atoms with Crippen LogP contribution >= 0.6 is 10.7 Å². The van der Waals surface area contributed by atoms with Crippen molar-refractivity contribution in [3.8, 4) is 0 Å². The van der Waals surface area contributed by atoms with Crippen molar-refractivity contribution in [1.82, 2.24) is 0 Å². The highest BCUT2D eigenvalue weighted by molar-refractivity contribution is 8.48. The lowest BCUT2D eigenvalue weighted by Crippen LogP contribution is -2.60. The maximum absolute atomic E-state index is 7.16. The molecule has 2 rings (SSSR count). The van der Waals surface area contributed by atoms with E-state index in [1.54, 1.807) is 0 Å². The average molecular weight is 772 g/mol. The van der Waals surface area contributed by atoms with E-state index in [2.05, 4.69) is 69.2 Å². The van der Waals surface area contributed by atoms with Gasteiger partial charge in [-0.15, -0.1) is 0 Å². The Kier molecular flexibility index (Phi) is 19.5. The molecule has 41 heavy (non-hydrogen) atoms. The van der Waals surface area contributed by atoms with Crippen LogP contribution in [-0.2, 0) is 41.2 Å². The first-order valence-corrected chi connectivity index (χ1v) is 36.4. The first kappa shape index (κ1) is 39.3. The minimum absolute atomic E-state index is 0.788. The fourth-order valence-corrected chi connectivity index (χ4v) is 62.7. The van der Waals surface area contributed by atoms with Gasteiger partial charge in [-0.1, -0.05) is 79.9 Å². The highest BCUT2D eigenvalue weighted by Crippen LogP contribution is 2.42. The van der Waals surface area contributed by atoms with Gasteiger partial charge in [0.05, 0.1) is 0 Å². The molecule has 8 unspecified atom stereocenters. The summed E-state index contributed by atoms with van der Waals surface area (Å²) in [5, 5.41) is 0. The van der Waals surface area contributed by atoms with Crippen LogP contribution in [0.25, 0.3) is 0 Å². The van der Waals surface area contributed by atoms with E-state index in [1.807, 2.05) is 10.7 Å². The predicted octanol–water partition coefficient (Wildman–Crippen LogP) is 3.75. The second kappa shape index (κ2) is 20.4. The Morgan fingerprint density at radius 1 is 0.341 bits per heavy atom. The van der Waals surface area contributed by atoms with Crippen molar-refractivity contribution in [3.05, 3.63) is 0 Å². The zero-order valence-electron chi connectivity index (χ0n) is 27.2. The SMILES string of the molecule is CC[SiH]1O[SiH](CC)O[SiH](CC)O[Si](CC)(S[Si]2(CC)O[SiH](CC)O[SiH](CC)O[SiH](CC)O[SiH](CC)O2)O[SiH](CC)O1. The zero-order chi connectivity index (χ0) is 30.5. The van der Waals surface area contributed by atoms with E-state index < -0.39 is 89.7 Å². The number of hydrogen-bond acceptors (Lipinski definition) is 11. The molecule has 0 bridgehead atoms. The molecule has 21 heteroatoms. The number of rotatable bonds is 12. The molecule has 0 aromatic carbocycles. The second-order valence-corrected chi connectivity index (χ2v) is 44.4. The molecule has 8 atom stereocenters. The molecule has 0 radical (unpaired) electrons. The van der Waals surface area contributed by atoms with Gasteiger partial charge >= 0.3 is 89.7 Å². The van der Waals surface area contributed by atoms with Crippen LogP contribution in [0.3, 0.4) is 0 Å². The largest absolute Gasteiger partial charge is 0.420 e. The summed E-state index contributed by atoms with van der Waals surface area (Å²) in [5.74, 6) is 0. The fourth-order valence-electron chi connectivity index (χ4n) is 4.41. The fraction of sp³-hybridized carbons (Fsp3) is 1.00. The van der Waals surface area contributed by atoms with Crippen LogP contribution in [0.2, 0.25) is 60.4 Å². The lowest BCUT2D eigenvalue weighted by molar-refractivity contribution is 0.276. The lowest BCUT2D eigenvalue weighted by Gasteiger charge is -2.44. The van der Waals surface area contributed by atoms with E-state index in [1.165, 1.54) is 0 Å². The molecule has 244 valence electrons. The first-order valence-electron chi connectivity index (χ1n) is 16.0. The van der Waals surface area contributed by atoms with E-state index in [-0.39, 0.29) is 0 Å². The minimum Gasteiger partial charge on any atom is -0.420 e. The molecule has 2 aliphatic heterocycles. The van der Waals surface area contributed by atoms with Gasteiger partial charge in [0.25, 0.3) is 0 Å². The Balaban J connectivity index is 2.57. The third kappa shape index (κ3) is 12.3. The Morgan fingerprint density at radius 3 is 0.707 bits per heavy atom. The van der Waals surface area contributed by atoms with Crippen molar-refractivity contribution in [1.29, 1.82) is 0 Å². The zero-order valence-corrected chi connectivity index (χ0v) is 39.2. The smallest absolute Gasteiger partial charge is 0.386 e. The Morgan fingerprint density at radius 2 is 0.537 bits per heavy atom. The van der Waals surface area contributed by atoms with Crippen LogP contribution in [0, 0.1) is 0 Å². The molecule has 0 aliphatic carbocycles. The van der Waals surface area contributed by atoms with Crippen molar-refractivity contribution in [3.63, 3.8) is 0 Å². The normalized spacial score (nSPS) is 40.2. The van der Waals surface area contributed by atoms with Gasteiger partial charge in [0.2, 0.25) is 0 Å². The molecular formula is C20H58O10SSi10. The molecule has 2 fully saturated rings. The summed E-state index contributed by atoms with van der Waals surface area (Å²) < 4.78 is 68.5. The van der Waals surface area contributed by atoms with Crippen LogP contribution < -0.4 is 0 Å². The third-order valence-electron chi connectivity index (χ3n) is 6.91. The van der Waals surface area contributed by atoms with Crippen molar-refractivity contribution < 1.29 is 41.2 Å². The maximum Gasteiger partial charge on any atom is 0.386 e. The third-order valence-corrected chi connectivity index (χ3v) is 51.8. The van der Waals surface area contributed by atoms with Gasteiger partial charge in [0.15, 0.2) is 0 Å². The standard InChI is InChI=1S/C20H58O10SSi10/c1-11-32-21-33(12-2)24-37(16-6)28-40(19-9,27-36(15-5)23-32)31-41(20-10)29-38(17-7)25-34(13-3)22-35(14-4)26-39(18-8)30-41/h32-39H,11-20H2,1-10H3. The van der Waals surface area contributed by atoms with Crippen molar-refractivity contribution in [2.75, 3.05) is 0 Å². The molecule has 0 aromatic heterocycles. The molecule has 0 aromatic rings. The summed E-state index contributed by atoms with van der Waals surface area (Å²) in [6.07, 6.45) is 0. The maximum atomic E-state index is 7.16. The van der Waals surface area contributed by atoms with Gasteiger partial charge in [0, 0.05) is 0 Å². The topological polar surface area (TPSA) is 92.3 Å². The first-order chi connectivity index (χ1) is 19.7. The summed E-state index contributed by atoms with van der Waals surface area (Å²) in [6.45, 7) is 21.8. The monoisotopic (exact) mass is 770 g/mol. The van der Waals surface area contributed by atoms with Gasteiger partial charge in [0.1, 0.15) is 0 Å². The Bertz CT molecular complexity index is 628. The van der Waals surface area contributed by atoms with Gasteiger partial charge in [-0.2, -0.15) is 0 Å². The van der Waals surface area contributed by atoms with Crippen LogP contribution in [-0.4, -0.2) is 89.7 Å². The predicted molar refractivity (Wildman–Crippen MR) is 192 cm³/mol. The molecule has 0 saturated carbocycles. The van der Waals surface area contributed by atoms with Crippen molar-refractivity contribution in [2.45, 2.75) is 130 Å². The van der Waals surface area contributed by atoms with E-state index in [0.29, 0.717) is 0 Å². The molecule has 0 amide bonds. The molecule has 0 N–H and O–H groups in total. The summed E-state index contributed by atoms with van der Waals surface area (Å²) in [5.41, 5.74) is 0. The van der Waals surface area contributed by atoms with Gasteiger partial charge in [-0.3, -0.25) is 0 Å². The van der Waals surface area contributed by atoms with Crippen molar-refractivity contribution in [2.24, 2.45) is 0 Å². The lowest BCUT2D eigenvalue weighted by atomic mass is 11.0. The van der Waals surface area contributed by atoms with Crippen LogP contribution in [0.1, 0.15) is 69.2 Å². The van der Waals surface area contributed by atoms with E-state index >= 15 is 0 Å². The summed E-state index contributed by atoms with van der Waals surface area (Å²) in [7, 11) is -19.6. The molecule has 2 saturated heterocycles. The van der Waals surface area contributed by atoms with E-state index in [0.717, 1.165) is 60.4 Å². The van der Waals surface area contributed by atoms with Crippen molar-refractivity contribution >= 4 is 100 Å². The molecular weight excluding hydrogens is 713 g/mol. The number of hydrogen-bond donors (Lipinski definition) is 0. The summed E-state index contributed by atoms with van der Waals surface area (Å²) in [4.78, 5) is 0. The average Bonchev–Trinajstić information content (AvgIpc) is 3.00. The molecule has 0 spiro atoms. The van der Waals surface area contributed by atoms with Gasteiger partial charge in [-0.05, 0) is 60.4 Å². The van der Waals surface area contributed by atoms with E-state index in [4.69, 9.17) is 41.2 Å². The van der Waals surface area contributed by atoms with Crippen LogP contribution in [0.5, 0.6) is 0 Å². The minimum atomic E-state index is -2.91. The summed E-state index contributed by atoms with van der Waals surface area (Å²) in [6, 6.07) is 8.76. The second-order valence-electron chi connectivity index (χ2n) is 10.2. The summed E-state index contributed by atoms with van der Waals surface area (Å²) >= 11 is 0. The van der Waals surface area contributed by atoms with Crippen LogP contribution in [0.15, 0.2) is 0 Å². The van der Waals surface area contributed by atoms with Gasteiger partial charge in [-0.25, -0.2) is 0 Å². The van der Waals surface area contributed by atoms with Gasteiger partial charge < -0.3 is 41.2 Å². The molecule has 2 heterocycles. The highest BCUT2D eigenvalue weighted by atomic mass is 32.5. The quantitative estimate of drug-likeness (QED) is 0.272. The molecule has 2 aliphatic rings. The molecule has 10 nitrogen and oxygen atoms in total. The Labute approximate surface area is 269 Å². The highest BCUT2D eigenvalue weighted by Gasteiger charge is 2.55. The Hall–Kier alpha value is 2.12. The van der Waals surface area contributed by atoms with E-state index in [9.17, 15) is 0 Å².